The van der Waals surface area contributed by atoms with Gasteiger partial charge < -0.3 is 14.9 Å². The van der Waals surface area contributed by atoms with Gasteiger partial charge >= 0.3 is 11.9 Å². The van der Waals surface area contributed by atoms with E-state index in [0.717, 1.165) is 5.56 Å². The summed E-state index contributed by atoms with van der Waals surface area (Å²) in [4.78, 5) is 21.4. The van der Waals surface area contributed by atoms with Gasteiger partial charge in [-0.3, -0.25) is 9.59 Å². The quantitative estimate of drug-likeness (QED) is 0.586. The molecule has 92 valence electrons. The number of carbonyl (C=O) groups excluding carboxylic acids is 1. The van der Waals surface area contributed by atoms with Crippen molar-refractivity contribution < 1.29 is 24.5 Å². The van der Waals surface area contributed by atoms with Crippen molar-refractivity contribution >= 4 is 11.9 Å². The van der Waals surface area contributed by atoms with Crippen molar-refractivity contribution in [3.05, 3.63) is 29.8 Å². The number of aliphatic hydroxyl groups is 1. The highest BCUT2D eigenvalue weighted by atomic mass is 16.5. The van der Waals surface area contributed by atoms with Gasteiger partial charge in [-0.2, -0.15) is 0 Å². The first-order valence-corrected chi connectivity index (χ1v) is 5.14. The predicted octanol–water partition coefficient (Wildman–Crippen LogP) is 0.848. The van der Waals surface area contributed by atoms with Crippen LogP contribution >= 0.6 is 0 Å². The lowest BCUT2D eigenvalue weighted by molar-refractivity contribution is -0.143. The van der Waals surface area contributed by atoms with Crippen LogP contribution in [0.25, 0.3) is 0 Å². The van der Waals surface area contributed by atoms with E-state index in [1.165, 1.54) is 6.92 Å². The summed E-state index contributed by atoms with van der Waals surface area (Å²) in [5.41, 5.74) is 0.766. The highest BCUT2D eigenvalue weighted by molar-refractivity contribution is 5.70. The average molecular weight is 238 g/mol. The molecule has 0 heterocycles. The van der Waals surface area contributed by atoms with E-state index in [0.29, 0.717) is 5.75 Å². The topological polar surface area (TPSA) is 83.8 Å². The molecule has 0 aliphatic rings. The minimum absolute atomic E-state index is 0.242. The molecule has 17 heavy (non-hydrogen) atoms. The van der Waals surface area contributed by atoms with E-state index in [1.807, 2.05) is 0 Å². The molecule has 0 spiro atoms. The van der Waals surface area contributed by atoms with Gasteiger partial charge in [-0.05, 0) is 24.1 Å². The number of carboxylic acids is 1. The fraction of sp³-hybridized carbons (Fsp3) is 0.333. The number of ether oxygens (including phenoxy) is 1. The molecule has 1 aromatic rings. The Hall–Kier alpha value is -1.88. The highest BCUT2D eigenvalue weighted by Gasteiger charge is 2.16. The van der Waals surface area contributed by atoms with E-state index in [2.05, 4.69) is 0 Å². The van der Waals surface area contributed by atoms with Gasteiger partial charge in [0.2, 0.25) is 0 Å². The number of benzene rings is 1. The smallest absolute Gasteiger partial charge is 0.309 e. The highest BCUT2D eigenvalue weighted by Crippen LogP contribution is 2.15. The molecule has 0 aliphatic heterocycles. The molecule has 0 aromatic heterocycles. The van der Waals surface area contributed by atoms with Crippen molar-refractivity contribution in [2.45, 2.75) is 13.3 Å². The molecule has 0 amide bonds. The van der Waals surface area contributed by atoms with Crippen LogP contribution in [0.4, 0.5) is 0 Å². The molecule has 1 unspecified atom stereocenters. The van der Waals surface area contributed by atoms with Crippen molar-refractivity contribution in [1.82, 2.24) is 0 Å². The Balaban J connectivity index is 2.67. The number of hydrogen-bond donors (Lipinski definition) is 2. The largest absolute Gasteiger partial charge is 0.481 e. The molecule has 1 aromatic carbocycles. The Kier molecular flexibility index (Phi) is 4.66. The third kappa shape index (κ3) is 4.24. The summed E-state index contributed by atoms with van der Waals surface area (Å²) < 4.78 is 4.84. The van der Waals surface area contributed by atoms with Gasteiger partial charge in [-0.1, -0.05) is 12.1 Å². The molecule has 0 radical (unpaired) electrons. The Morgan fingerprint density at radius 3 is 2.29 bits per heavy atom. The van der Waals surface area contributed by atoms with Gasteiger partial charge in [0.25, 0.3) is 0 Å². The lowest BCUT2D eigenvalue weighted by Gasteiger charge is -2.09. The van der Waals surface area contributed by atoms with E-state index in [1.54, 1.807) is 24.3 Å². The second-order valence-corrected chi connectivity index (χ2v) is 3.66. The van der Waals surface area contributed by atoms with Crippen LogP contribution in [0, 0.1) is 5.92 Å². The number of carboxylic acid groups (broad SMARTS) is 1. The first kappa shape index (κ1) is 13.2. The summed E-state index contributed by atoms with van der Waals surface area (Å²) in [5.74, 6) is -1.83. The van der Waals surface area contributed by atoms with E-state index in [4.69, 9.17) is 14.9 Å². The van der Waals surface area contributed by atoms with E-state index >= 15 is 0 Å². The molecule has 0 saturated carbocycles. The van der Waals surface area contributed by atoms with Crippen molar-refractivity contribution in [2.24, 2.45) is 5.92 Å². The number of aliphatic hydroxyl groups excluding tert-OH is 1. The van der Waals surface area contributed by atoms with Crippen LogP contribution in [0.15, 0.2) is 24.3 Å². The normalized spacial score (nSPS) is 11.9. The molecule has 0 fully saturated rings. The first-order chi connectivity index (χ1) is 8.02. The van der Waals surface area contributed by atoms with Gasteiger partial charge in [0.15, 0.2) is 0 Å². The van der Waals surface area contributed by atoms with E-state index < -0.39 is 24.5 Å². The average Bonchev–Trinajstić information content (AvgIpc) is 2.26. The summed E-state index contributed by atoms with van der Waals surface area (Å²) in [6, 6.07) is 6.52. The second kappa shape index (κ2) is 6.00. The van der Waals surface area contributed by atoms with E-state index in [-0.39, 0.29) is 6.42 Å². The first-order valence-electron chi connectivity index (χ1n) is 5.14. The van der Waals surface area contributed by atoms with Gasteiger partial charge in [0.1, 0.15) is 5.75 Å². The van der Waals surface area contributed by atoms with Crippen LogP contribution in [0.1, 0.15) is 12.5 Å². The fourth-order valence-corrected chi connectivity index (χ4v) is 1.37. The van der Waals surface area contributed by atoms with Crippen LogP contribution in [0.2, 0.25) is 0 Å². The minimum Gasteiger partial charge on any atom is -0.481 e. The summed E-state index contributed by atoms with van der Waals surface area (Å²) >= 11 is 0. The maximum Gasteiger partial charge on any atom is 0.309 e. The number of carbonyl (C=O) groups is 2. The number of hydrogen-bond acceptors (Lipinski definition) is 4. The molecular weight excluding hydrogens is 224 g/mol. The second-order valence-electron chi connectivity index (χ2n) is 3.66. The zero-order chi connectivity index (χ0) is 12.8. The van der Waals surface area contributed by atoms with Crippen molar-refractivity contribution in [3.63, 3.8) is 0 Å². The number of rotatable bonds is 5. The SMILES string of the molecule is CC(=O)Oc1ccc(CC(CO)C(=O)O)cc1. The molecule has 0 bridgehead atoms. The Labute approximate surface area is 98.6 Å². The zero-order valence-electron chi connectivity index (χ0n) is 9.42. The zero-order valence-corrected chi connectivity index (χ0v) is 9.42. The van der Waals surface area contributed by atoms with Gasteiger partial charge in [0.05, 0.1) is 12.5 Å². The van der Waals surface area contributed by atoms with Crippen molar-refractivity contribution in [1.29, 1.82) is 0 Å². The third-order valence-electron chi connectivity index (χ3n) is 2.24. The number of aliphatic carboxylic acids is 1. The lowest BCUT2D eigenvalue weighted by atomic mass is 10.0. The maximum atomic E-state index is 10.7. The molecule has 0 aliphatic carbocycles. The fourth-order valence-electron chi connectivity index (χ4n) is 1.37. The van der Waals surface area contributed by atoms with Crippen molar-refractivity contribution in [3.8, 4) is 5.75 Å². The molecule has 1 rings (SSSR count). The van der Waals surface area contributed by atoms with Crippen LogP contribution < -0.4 is 4.74 Å². The molecule has 2 N–H and O–H groups in total. The summed E-state index contributed by atoms with van der Waals surface area (Å²) in [7, 11) is 0. The van der Waals surface area contributed by atoms with Crippen LogP contribution in [-0.2, 0) is 16.0 Å². The summed E-state index contributed by atoms with van der Waals surface area (Å²) in [6.07, 6.45) is 0.242. The number of esters is 1. The Bertz CT molecular complexity index is 396. The molecule has 5 nitrogen and oxygen atoms in total. The van der Waals surface area contributed by atoms with Crippen LogP contribution in [0.5, 0.6) is 5.75 Å². The standard InChI is InChI=1S/C12H14O5/c1-8(14)17-11-4-2-9(3-5-11)6-10(7-13)12(15)16/h2-5,10,13H,6-7H2,1H3,(H,15,16). The Morgan fingerprint density at radius 2 is 1.88 bits per heavy atom. The van der Waals surface area contributed by atoms with Gasteiger partial charge in [0, 0.05) is 6.92 Å². The summed E-state index contributed by atoms with van der Waals surface area (Å²) in [6.45, 7) is 0.904. The molecule has 1 atom stereocenters. The molecular formula is C12H14O5. The Morgan fingerprint density at radius 1 is 1.29 bits per heavy atom. The monoisotopic (exact) mass is 238 g/mol. The van der Waals surface area contributed by atoms with Crippen LogP contribution in [-0.4, -0.2) is 28.8 Å². The van der Waals surface area contributed by atoms with Gasteiger partial charge in [-0.25, -0.2) is 0 Å². The third-order valence-corrected chi connectivity index (χ3v) is 2.24. The summed E-state index contributed by atoms with van der Waals surface area (Å²) in [5, 5.41) is 17.7. The van der Waals surface area contributed by atoms with Gasteiger partial charge in [-0.15, -0.1) is 0 Å². The maximum absolute atomic E-state index is 10.7. The van der Waals surface area contributed by atoms with E-state index in [9.17, 15) is 9.59 Å². The van der Waals surface area contributed by atoms with Crippen LogP contribution in [0.3, 0.4) is 0 Å². The molecule has 0 saturated heterocycles. The predicted molar refractivity (Wildman–Crippen MR) is 59.7 cm³/mol. The molecule has 5 heteroatoms. The van der Waals surface area contributed by atoms with Crippen molar-refractivity contribution in [2.75, 3.05) is 6.61 Å². The lowest BCUT2D eigenvalue weighted by Crippen LogP contribution is -2.20. The minimum atomic E-state index is -1.03.